The Morgan fingerprint density at radius 2 is 1.80 bits per heavy atom. The zero-order valence-corrected chi connectivity index (χ0v) is 13.7. The van der Waals surface area contributed by atoms with Gasteiger partial charge in [-0.1, -0.05) is 6.07 Å². The molecule has 1 aromatic heterocycles. The summed E-state index contributed by atoms with van der Waals surface area (Å²) >= 11 is 3.47. The largest absolute Gasteiger partial charge is 0.366 e. The lowest BCUT2D eigenvalue weighted by Crippen LogP contribution is -2.30. The van der Waals surface area contributed by atoms with E-state index in [0.29, 0.717) is 6.54 Å². The minimum absolute atomic E-state index is 0.112. The first kappa shape index (κ1) is 15.0. The first-order valence-corrected chi connectivity index (χ1v) is 7.42. The third-order valence-electron chi connectivity index (χ3n) is 3.42. The maximum Gasteiger partial charge on any atom is 0.0676 e. The Morgan fingerprint density at radius 1 is 1.15 bits per heavy atom. The first-order valence-electron chi connectivity index (χ1n) is 6.63. The van der Waals surface area contributed by atoms with Crippen molar-refractivity contribution in [3.63, 3.8) is 0 Å². The molecule has 1 unspecified atom stereocenters. The number of likely N-dealkylation sites (N-methyl/N-ethyl adjacent to an activating group) is 1. The number of hydrogen-bond donors (Lipinski definition) is 1. The molecule has 2 N–H and O–H groups in total. The zero-order valence-electron chi connectivity index (χ0n) is 12.1. The summed E-state index contributed by atoms with van der Waals surface area (Å²) in [5.74, 6) is 0. The highest BCUT2D eigenvalue weighted by atomic mass is 79.9. The molecule has 0 bridgehead atoms. The van der Waals surface area contributed by atoms with E-state index in [1.807, 2.05) is 6.20 Å². The number of nitrogens with zero attached hydrogens (tertiary/aromatic N) is 2. The average Bonchev–Trinajstić information content (AvgIpc) is 2.38. The van der Waals surface area contributed by atoms with Gasteiger partial charge in [0.1, 0.15) is 0 Å². The van der Waals surface area contributed by atoms with Gasteiger partial charge in [0.05, 0.1) is 6.04 Å². The fourth-order valence-electron chi connectivity index (χ4n) is 2.46. The molecular weight excluding hydrogens is 314 g/mol. The number of rotatable bonds is 4. The van der Waals surface area contributed by atoms with Crippen LogP contribution in [0.1, 0.15) is 22.7 Å². The van der Waals surface area contributed by atoms with Crippen molar-refractivity contribution >= 4 is 21.6 Å². The molecule has 106 valence electrons. The predicted molar refractivity (Wildman–Crippen MR) is 88.1 cm³/mol. The van der Waals surface area contributed by atoms with E-state index in [-0.39, 0.29) is 6.04 Å². The summed E-state index contributed by atoms with van der Waals surface area (Å²) in [5.41, 5.74) is 10.8. The lowest BCUT2D eigenvalue weighted by Gasteiger charge is -2.30. The smallest absolute Gasteiger partial charge is 0.0676 e. The molecule has 1 heterocycles. The van der Waals surface area contributed by atoms with Crippen LogP contribution >= 0.6 is 15.9 Å². The molecule has 20 heavy (non-hydrogen) atoms. The number of hydrogen-bond acceptors (Lipinski definition) is 3. The van der Waals surface area contributed by atoms with Crippen molar-refractivity contribution in [1.82, 2.24) is 4.98 Å². The summed E-state index contributed by atoms with van der Waals surface area (Å²) in [4.78, 5) is 6.45. The molecule has 0 radical (unpaired) electrons. The highest BCUT2D eigenvalue weighted by Crippen LogP contribution is 2.27. The van der Waals surface area contributed by atoms with E-state index in [0.717, 1.165) is 10.0 Å². The number of benzene rings is 1. The Kier molecular flexibility index (Phi) is 4.78. The Labute approximate surface area is 129 Å². The molecule has 1 atom stereocenters. The number of anilines is 1. The van der Waals surface area contributed by atoms with Crippen LogP contribution in [0, 0.1) is 13.8 Å². The monoisotopic (exact) mass is 333 g/mol. The van der Waals surface area contributed by atoms with E-state index in [2.05, 4.69) is 71.0 Å². The fourth-order valence-corrected chi connectivity index (χ4v) is 2.85. The molecule has 0 fully saturated rings. The van der Waals surface area contributed by atoms with Gasteiger partial charge in [0.2, 0.25) is 0 Å². The molecule has 0 spiro atoms. The van der Waals surface area contributed by atoms with Crippen molar-refractivity contribution in [3.8, 4) is 0 Å². The van der Waals surface area contributed by atoms with E-state index in [9.17, 15) is 0 Å². The normalized spacial score (nSPS) is 12.2. The van der Waals surface area contributed by atoms with Gasteiger partial charge in [0.25, 0.3) is 0 Å². The fraction of sp³-hybridized carbons (Fsp3) is 0.312. The van der Waals surface area contributed by atoms with Crippen molar-refractivity contribution in [1.29, 1.82) is 0 Å². The summed E-state index contributed by atoms with van der Waals surface area (Å²) < 4.78 is 0.974. The zero-order chi connectivity index (χ0) is 14.7. The predicted octanol–water partition coefficient (Wildman–Crippen LogP) is 3.60. The molecule has 0 aliphatic carbocycles. The SMILES string of the molecule is Cc1cc(C)cc(N(C)C(CN)c2cncc(Br)c2)c1. The number of halogens is 1. The van der Waals surface area contributed by atoms with Crippen LogP contribution in [0.2, 0.25) is 0 Å². The quantitative estimate of drug-likeness (QED) is 0.929. The van der Waals surface area contributed by atoms with Crippen LogP contribution in [0.5, 0.6) is 0 Å². The number of aromatic nitrogens is 1. The third-order valence-corrected chi connectivity index (χ3v) is 3.85. The molecule has 2 aromatic rings. The summed E-state index contributed by atoms with van der Waals surface area (Å²) in [6.45, 7) is 4.77. The Bertz CT molecular complexity index is 578. The average molecular weight is 334 g/mol. The van der Waals surface area contributed by atoms with E-state index in [4.69, 9.17) is 5.73 Å². The Balaban J connectivity index is 2.35. The van der Waals surface area contributed by atoms with Gasteiger partial charge in [0.15, 0.2) is 0 Å². The number of pyridine rings is 1. The van der Waals surface area contributed by atoms with E-state index in [1.165, 1.54) is 16.8 Å². The highest BCUT2D eigenvalue weighted by molar-refractivity contribution is 9.10. The van der Waals surface area contributed by atoms with Gasteiger partial charge in [-0.3, -0.25) is 4.98 Å². The van der Waals surface area contributed by atoms with Crippen LogP contribution in [-0.2, 0) is 0 Å². The molecular formula is C16H20BrN3. The Hall–Kier alpha value is -1.39. The second-order valence-electron chi connectivity index (χ2n) is 5.14. The molecule has 0 amide bonds. The van der Waals surface area contributed by atoms with Gasteiger partial charge in [-0.05, 0) is 64.7 Å². The van der Waals surface area contributed by atoms with E-state index in [1.54, 1.807) is 6.20 Å². The van der Waals surface area contributed by atoms with Crippen molar-refractivity contribution in [2.75, 3.05) is 18.5 Å². The third kappa shape index (κ3) is 3.38. The molecule has 0 saturated carbocycles. The van der Waals surface area contributed by atoms with Gasteiger partial charge in [-0.2, -0.15) is 0 Å². The summed E-state index contributed by atoms with van der Waals surface area (Å²) in [6.07, 6.45) is 3.66. The molecule has 1 aromatic carbocycles. The molecule has 2 rings (SSSR count). The maximum atomic E-state index is 5.98. The van der Waals surface area contributed by atoms with Crippen molar-refractivity contribution < 1.29 is 0 Å². The minimum Gasteiger partial charge on any atom is -0.366 e. The van der Waals surface area contributed by atoms with Crippen LogP contribution in [0.15, 0.2) is 41.1 Å². The minimum atomic E-state index is 0.112. The van der Waals surface area contributed by atoms with Gasteiger partial charge >= 0.3 is 0 Å². The van der Waals surface area contributed by atoms with Crippen LogP contribution in [-0.4, -0.2) is 18.6 Å². The van der Waals surface area contributed by atoms with Gasteiger partial charge < -0.3 is 10.6 Å². The van der Waals surface area contributed by atoms with Crippen molar-refractivity contribution in [2.24, 2.45) is 5.73 Å². The van der Waals surface area contributed by atoms with E-state index >= 15 is 0 Å². The van der Waals surface area contributed by atoms with Gasteiger partial charge in [-0.15, -0.1) is 0 Å². The molecule has 0 aliphatic heterocycles. The van der Waals surface area contributed by atoms with Crippen molar-refractivity contribution in [2.45, 2.75) is 19.9 Å². The standard InChI is InChI=1S/C16H20BrN3/c1-11-4-12(2)6-15(5-11)20(3)16(8-18)13-7-14(17)10-19-9-13/h4-7,9-10,16H,8,18H2,1-3H3. The van der Waals surface area contributed by atoms with Crippen LogP contribution in [0.25, 0.3) is 0 Å². The van der Waals surface area contributed by atoms with E-state index < -0.39 is 0 Å². The summed E-state index contributed by atoms with van der Waals surface area (Å²) in [7, 11) is 2.08. The van der Waals surface area contributed by atoms with Crippen LogP contribution in [0.3, 0.4) is 0 Å². The van der Waals surface area contributed by atoms with Gasteiger partial charge in [0, 0.05) is 36.1 Å². The lowest BCUT2D eigenvalue weighted by atomic mass is 10.1. The summed E-state index contributed by atoms with van der Waals surface area (Å²) in [6, 6.07) is 8.72. The number of aryl methyl sites for hydroxylation is 2. The number of nitrogens with two attached hydrogens (primary N) is 1. The van der Waals surface area contributed by atoms with Crippen molar-refractivity contribution in [3.05, 3.63) is 57.8 Å². The van der Waals surface area contributed by atoms with Crippen LogP contribution < -0.4 is 10.6 Å². The summed E-state index contributed by atoms with van der Waals surface area (Å²) in [5, 5.41) is 0. The molecule has 0 saturated heterocycles. The molecule has 3 nitrogen and oxygen atoms in total. The first-order chi connectivity index (χ1) is 9.51. The van der Waals surface area contributed by atoms with Gasteiger partial charge in [-0.25, -0.2) is 0 Å². The van der Waals surface area contributed by atoms with Crippen LogP contribution in [0.4, 0.5) is 5.69 Å². The Morgan fingerprint density at radius 3 is 2.35 bits per heavy atom. The molecule has 0 aliphatic rings. The lowest BCUT2D eigenvalue weighted by molar-refractivity contribution is 0.677. The topological polar surface area (TPSA) is 42.1 Å². The highest BCUT2D eigenvalue weighted by Gasteiger charge is 2.17. The second-order valence-corrected chi connectivity index (χ2v) is 6.06. The molecule has 4 heteroatoms. The second kappa shape index (κ2) is 6.37. The maximum absolute atomic E-state index is 5.98.